The van der Waals surface area contributed by atoms with Gasteiger partial charge in [0.05, 0.1) is 13.7 Å². The van der Waals surface area contributed by atoms with Crippen molar-refractivity contribution in [3.8, 4) is 5.75 Å². The number of carbonyl (C=O) groups excluding carboxylic acids is 1. The molecule has 0 spiro atoms. The van der Waals surface area contributed by atoms with E-state index in [1.54, 1.807) is 27.0 Å². The molecule has 17 heavy (non-hydrogen) atoms. The lowest BCUT2D eigenvalue weighted by Crippen LogP contribution is -2.05. The second kappa shape index (κ2) is 6.58. The van der Waals surface area contributed by atoms with Gasteiger partial charge in [0.2, 0.25) is 0 Å². The zero-order valence-corrected chi connectivity index (χ0v) is 10.2. The Morgan fingerprint density at radius 1 is 1.35 bits per heavy atom. The lowest BCUT2D eigenvalue weighted by Gasteiger charge is -2.06. The number of methoxy groups -OCH3 is 1. The standard InChI is InChI=1S/C13H16O4/c1-4-16-13(14)17-10(2)9-11-7-5-6-8-12(11)15-3/h5-9H,4H2,1-3H3/b10-9+. The minimum Gasteiger partial charge on any atom is -0.496 e. The van der Waals surface area contributed by atoms with E-state index in [2.05, 4.69) is 4.74 Å². The van der Waals surface area contributed by atoms with Gasteiger partial charge in [-0.2, -0.15) is 0 Å². The van der Waals surface area contributed by atoms with Crippen LogP contribution in [-0.4, -0.2) is 19.9 Å². The lowest BCUT2D eigenvalue weighted by molar-refractivity contribution is 0.0826. The maximum atomic E-state index is 11.1. The van der Waals surface area contributed by atoms with E-state index >= 15 is 0 Å². The van der Waals surface area contributed by atoms with Crippen molar-refractivity contribution >= 4 is 12.2 Å². The molecular weight excluding hydrogens is 220 g/mol. The second-order valence-electron chi connectivity index (χ2n) is 3.28. The van der Waals surface area contributed by atoms with Gasteiger partial charge in [0, 0.05) is 5.56 Å². The molecule has 4 nitrogen and oxygen atoms in total. The van der Waals surface area contributed by atoms with E-state index in [4.69, 9.17) is 9.47 Å². The van der Waals surface area contributed by atoms with Crippen LogP contribution in [0.3, 0.4) is 0 Å². The highest BCUT2D eigenvalue weighted by molar-refractivity contribution is 5.65. The topological polar surface area (TPSA) is 44.8 Å². The fourth-order valence-electron chi connectivity index (χ4n) is 1.31. The van der Waals surface area contributed by atoms with E-state index in [0.29, 0.717) is 12.4 Å². The molecule has 0 bridgehead atoms. The van der Waals surface area contributed by atoms with Crippen molar-refractivity contribution in [1.29, 1.82) is 0 Å². The number of benzene rings is 1. The van der Waals surface area contributed by atoms with Crippen molar-refractivity contribution < 1.29 is 19.0 Å². The normalized spacial score (nSPS) is 10.9. The second-order valence-corrected chi connectivity index (χ2v) is 3.28. The quantitative estimate of drug-likeness (QED) is 0.594. The molecular formula is C13H16O4. The SMILES string of the molecule is CCOC(=O)O/C(C)=C/c1ccccc1OC. The lowest BCUT2D eigenvalue weighted by atomic mass is 10.2. The first-order chi connectivity index (χ1) is 8.17. The first-order valence-corrected chi connectivity index (χ1v) is 5.33. The molecule has 1 aromatic carbocycles. The van der Waals surface area contributed by atoms with Crippen molar-refractivity contribution in [2.24, 2.45) is 0 Å². The van der Waals surface area contributed by atoms with E-state index in [1.165, 1.54) is 0 Å². The van der Waals surface area contributed by atoms with E-state index in [9.17, 15) is 4.79 Å². The number of ether oxygens (including phenoxy) is 3. The summed E-state index contributed by atoms with van der Waals surface area (Å²) in [4.78, 5) is 11.1. The van der Waals surface area contributed by atoms with Gasteiger partial charge in [-0.15, -0.1) is 0 Å². The summed E-state index contributed by atoms with van der Waals surface area (Å²) in [6, 6.07) is 7.46. The van der Waals surface area contributed by atoms with Crippen molar-refractivity contribution in [3.63, 3.8) is 0 Å². The molecule has 0 saturated heterocycles. The predicted molar refractivity (Wildman–Crippen MR) is 64.8 cm³/mol. The number of para-hydroxylation sites is 1. The Morgan fingerprint density at radius 3 is 2.71 bits per heavy atom. The highest BCUT2D eigenvalue weighted by Gasteiger charge is 2.05. The van der Waals surface area contributed by atoms with Crippen LogP contribution >= 0.6 is 0 Å². The van der Waals surface area contributed by atoms with Crippen LogP contribution in [0.25, 0.3) is 6.08 Å². The summed E-state index contributed by atoms with van der Waals surface area (Å²) in [5, 5.41) is 0. The smallest absolute Gasteiger partial charge is 0.496 e. The summed E-state index contributed by atoms with van der Waals surface area (Å²) in [7, 11) is 1.59. The first-order valence-electron chi connectivity index (χ1n) is 5.33. The van der Waals surface area contributed by atoms with Gasteiger partial charge in [0.15, 0.2) is 0 Å². The summed E-state index contributed by atoms with van der Waals surface area (Å²) in [5.41, 5.74) is 0.844. The monoisotopic (exact) mass is 236 g/mol. The van der Waals surface area contributed by atoms with Gasteiger partial charge in [-0.3, -0.25) is 0 Å². The van der Waals surface area contributed by atoms with Crippen LogP contribution < -0.4 is 4.74 Å². The molecule has 0 aromatic heterocycles. The predicted octanol–water partition coefficient (Wildman–Crippen LogP) is 3.23. The molecule has 0 heterocycles. The van der Waals surface area contributed by atoms with Gasteiger partial charge in [0.1, 0.15) is 11.5 Å². The van der Waals surface area contributed by atoms with Crippen LogP contribution in [0.4, 0.5) is 4.79 Å². The molecule has 0 atom stereocenters. The molecule has 1 rings (SSSR count). The zero-order valence-electron chi connectivity index (χ0n) is 10.2. The van der Waals surface area contributed by atoms with Crippen LogP contribution in [0.5, 0.6) is 5.75 Å². The van der Waals surface area contributed by atoms with Crippen LogP contribution in [-0.2, 0) is 9.47 Å². The highest BCUT2D eigenvalue weighted by atomic mass is 16.7. The number of hydrogen-bond acceptors (Lipinski definition) is 4. The highest BCUT2D eigenvalue weighted by Crippen LogP contribution is 2.20. The number of rotatable bonds is 4. The Morgan fingerprint density at radius 2 is 2.06 bits per heavy atom. The van der Waals surface area contributed by atoms with E-state index in [1.807, 2.05) is 24.3 Å². The Labute approximate surface area is 101 Å². The van der Waals surface area contributed by atoms with Crippen molar-refractivity contribution in [3.05, 3.63) is 35.6 Å². The minimum atomic E-state index is -0.698. The molecule has 0 N–H and O–H groups in total. The molecule has 0 radical (unpaired) electrons. The van der Waals surface area contributed by atoms with Gasteiger partial charge in [-0.25, -0.2) is 4.79 Å². The molecule has 0 aliphatic carbocycles. The number of hydrogen-bond donors (Lipinski definition) is 0. The summed E-state index contributed by atoms with van der Waals surface area (Å²) in [5.74, 6) is 1.17. The van der Waals surface area contributed by atoms with Crippen LogP contribution in [0.15, 0.2) is 30.0 Å². The maximum absolute atomic E-state index is 11.1. The largest absolute Gasteiger partial charge is 0.513 e. The summed E-state index contributed by atoms with van der Waals surface area (Å²) in [6.07, 6.45) is 1.02. The van der Waals surface area contributed by atoms with Gasteiger partial charge < -0.3 is 14.2 Å². The molecule has 1 aromatic rings. The summed E-state index contributed by atoms with van der Waals surface area (Å²) >= 11 is 0. The Balaban J connectivity index is 2.76. The summed E-state index contributed by atoms with van der Waals surface area (Å²) < 4.78 is 14.8. The molecule has 0 unspecified atom stereocenters. The molecule has 0 aliphatic rings. The number of carbonyl (C=O) groups is 1. The average molecular weight is 236 g/mol. The van der Waals surface area contributed by atoms with Crippen molar-refractivity contribution in [2.45, 2.75) is 13.8 Å². The molecule has 4 heteroatoms. The zero-order chi connectivity index (χ0) is 12.7. The Bertz CT molecular complexity index is 410. The van der Waals surface area contributed by atoms with Gasteiger partial charge in [-0.1, -0.05) is 18.2 Å². The van der Waals surface area contributed by atoms with Crippen molar-refractivity contribution in [2.75, 3.05) is 13.7 Å². The minimum absolute atomic E-state index is 0.292. The third-order valence-electron chi connectivity index (χ3n) is 2.00. The van der Waals surface area contributed by atoms with Crippen LogP contribution in [0.1, 0.15) is 19.4 Å². The van der Waals surface area contributed by atoms with Crippen LogP contribution in [0.2, 0.25) is 0 Å². The first kappa shape index (κ1) is 13.1. The van der Waals surface area contributed by atoms with Crippen molar-refractivity contribution in [1.82, 2.24) is 0 Å². The van der Waals surface area contributed by atoms with E-state index in [0.717, 1.165) is 11.3 Å². The fraction of sp³-hybridized carbons (Fsp3) is 0.308. The molecule has 92 valence electrons. The van der Waals surface area contributed by atoms with E-state index < -0.39 is 6.16 Å². The third kappa shape index (κ3) is 4.18. The fourth-order valence-corrected chi connectivity index (χ4v) is 1.31. The molecule has 0 amide bonds. The molecule has 0 fully saturated rings. The van der Waals surface area contributed by atoms with Gasteiger partial charge >= 0.3 is 6.16 Å². The number of allylic oxidation sites excluding steroid dienone is 1. The Hall–Kier alpha value is -1.97. The third-order valence-corrected chi connectivity index (χ3v) is 2.00. The van der Waals surface area contributed by atoms with E-state index in [-0.39, 0.29) is 0 Å². The Kier molecular flexibility index (Phi) is 5.07. The molecule has 0 saturated carbocycles. The molecule has 0 aliphatic heterocycles. The average Bonchev–Trinajstić information content (AvgIpc) is 2.29. The van der Waals surface area contributed by atoms with Gasteiger partial charge in [0.25, 0.3) is 0 Å². The van der Waals surface area contributed by atoms with Crippen LogP contribution in [0, 0.1) is 0 Å². The van der Waals surface area contributed by atoms with Gasteiger partial charge in [-0.05, 0) is 26.0 Å². The summed E-state index contributed by atoms with van der Waals surface area (Å²) in [6.45, 7) is 3.70. The maximum Gasteiger partial charge on any atom is 0.513 e.